The summed E-state index contributed by atoms with van der Waals surface area (Å²) >= 11 is 0. The van der Waals surface area contributed by atoms with Crippen molar-refractivity contribution in [3.8, 4) is 0 Å². The van der Waals surface area contributed by atoms with E-state index in [1.807, 2.05) is 4.90 Å². The fourth-order valence-corrected chi connectivity index (χ4v) is 1.71. The second-order valence-corrected chi connectivity index (χ2v) is 3.71. The van der Waals surface area contributed by atoms with Crippen molar-refractivity contribution in [2.75, 3.05) is 19.6 Å². The maximum atomic E-state index is 11.6. The number of hydrogen-bond acceptors (Lipinski definition) is 1. The lowest BCUT2D eigenvalue weighted by Gasteiger charge is -2.15. The van der Waals surface area contributed by atoms with Crippen LogP contribution in [-0.2, 0) is 0 Å². The molecule has 14 heavy (non-hydrogen) atoms. The molecule has 0 aromatic rings. The van der Waals surface area contributed by atoms with Crippen LogP contribution in [0.5, 0.6) is 0 Å². The average molecular weight is 196 g/mol. The summed E-state index contributed by atoms with van der Waals surface area (Å²) in [6.07, 6.45) is 6.49. The highest BCUT2D eigenvalue weighted by Gasteiger charge is 2.25. The van der Waals surface area contributed by atoms with E-state index in [0.717, 1.165) is 26.1 Å². The number of nitrogens with zero attached hydrogens (tertiary/aromatic N) is 2. The van der Waals surface area contributed by atoms with E-state index in [4.69, 9.17) is 0 Å². The largest absolute Gasteiger partial charge is 0.324 e. The molecule has 0 radical (unpaired) electrons. The van der Waals surface area contributed by atoms with Gasteiger partial charge in [-0.25, -0.2) is 4.79 Å². The number of carbonyl (C=O) groups is 1. The van der Waals surface area contributed by atoms with Gasteiger partial charge >= 0.3 is 6.03 Å². The van der Waals surface area contributed by atoms with E-state index < -0.39 is 0 Å². The van der Waals surface area contributed by atoms with E-state index in [0.29, 0.717) is 0 Å². The fraction of sp³-hybridized carbons (Fsp3) is 0.727. The molecule has 0 unspecified atom stereocenters. The summed E-state index contributed by atoms with van der Waals surface area (Å²) in [6.45, 7) is 8.38. The molecule has 1 rings (SSSR count). The van der Waals surface area contributed by atoms with Gasteiger partial charge in [0.15, 0.2) is 0 Å². The van der Waals surface area contributed by atoms with Crippen molar-refractivity contribution in [1.82, 2.24) is 9.80 Å². The second kappa shape index (κ2) is 5.68. The monoisotopic (exact) mass is 196 g/mol. The highest BCUT2D eigenvalue weighted by Crippen LogP contribution is 2.10. The van der Waals surface area contributed by atoms with Crippen LogP contribution in [0.4, 0.5) is 4.79 Å². The first kappa shape index (κ1) is 11.1. The Labute approximate surface area is 86.4 Å². The minimum absolute atomic E-state index is 0.122. The van der Waals surface area contributed by atoms with Crippen LogP contribution in [0.3, 0.4) is 0 Å². The molecular weight excluding hydrogens is 176 g/mol. The molecule has 3 nitrogen and oxygen atoms in total. The number of hydrogen-bond donors (Lipinski definition) is 0. The first-order chi connectivity index (χ1) is 6.79. The summed E-state index contributed by atoms with van der Waals surface area (Å²) in [4.78, 5) is 15.2. The number of rotatable bonds is 6. The van der Waals surface area contributed by atoms with Crippen LogP contribution in [-0.4, -0.2) is 35.5 Å². The molecule has 0 spiro atoms. The van der Waals surface area contributed by atoms with Crippen LogP contribution in [0.1, 0.15) is 32.6 Å². The second-order valence-electron chi connectivity index (χ2n) is 3.71. The van der Waals surface area contributed by atoms with Gasteiger partial charge in [0.25, 0.3) is 0 Å². The van der Waals surface area contributed by atoms with Gasteiger partial charge in [0.2, 0.25) is 0 Å². The third-order valence-electron chi connectivity index (χ3n) is 2.63. The first-order valence-electron chi connectivity index (χ1n) is 5.47. The van der Waals surface area contributed by atoms with Crippen molar-refractivity contribution in [3.63, 3.8) is 0 Å². The average Bonchev–Trinajstić information content (AvgIpc) is 2.55. The molecule has 0 N–H and O–H groups in total. The van der Waals surface area contributed by atoms with Crippen molar-refractivity contribution in [1.29, 1.82) is 0 Å². The Hall–Kier alpha value is -0.990. The predicted molar refractivity (Wildman–Crippen MR) is 58.0 cm³/mol. The van der Waals surface area contributed by atoms with Crippen LogP contribution in [0.15, 0.2) is 12.8 Å². The van der Waals surface area contributed by atoms with E-state index in [-0.39, 0.29) is 6.03 Å². The topological polar surface area (TPSA) is 23.6 Å². The Balaban J connectivity index is 2.19. The molecule has 3 heteroatoms. The lowest BCUT2D eigenvalue weighted by Crippen LogP contribution is -2.29. The quantitative estimate of drug-likeness (QED) is 0.598. The molecule has 1 saturated heterocycles. The summed E-state index contributed by atoms with van der Waals surface area (Å²) in [7, 11) is 0. The standard InChI is InChI=1S/C11H20N2O/c1-3-5-6-7-8-13-10-9-12(4-2)11(13)14/h4H,2-3,5-10H2,1H3. The molecule has 0 bridgehead atoms. The smallest absolute Gasteiger partial charge is 0.323 e. The van der Waals surface area contributed by atoms with E-state index in [1.165, 1.54) is 19.3 Å². The molecule has 1 aliphatic heterocycles. The Bertz CT molecular complexity index is 203. The number of urea groups is 1. The summed E-state index contributed by atoms with van der Waals surface area (Å²) in [5, 5.41) is 0. The zero-order valence-electron chi connectivity index (χ0n) is 9.04. The van der Waals surface area contributed by atoms with Gasteiger partial charge in [0, 0.05) is 25.8 Å². The molecule has 1 fully saturated rings. The maximum Gasteiger partial charge on any atom is 0.324 e. The molecule has 0 aliphatic carbocycles. The van der Waals surface area contributed by atoms with Crippen molar-refractivity contribution >= 4 is 6.03 Å². The Kier molecular flexibility index (Phi) is 4.50. The van der Waals surface area contributed by atoms with Gasteiger partial charge in [0.1, 0.15) is 0 Å². The van der Waals surface area contributed by atoms with Gasteiger partial charge in [-0.2, -0.15) is 0 Å². The Morgan fingerprint density at radius 1 is 1.36 bits per heavy atom. The molecule has 0 atom stereocenters. The van der Waals surface area contributed by atoms with Crippen molar-refractivity contribution < 1.29 is 4.79 Å². The maximum absolute atomic E-state index is 11.6. The summed E-state index contributed by atoms with van der Waals surface area (Å²) in [5.41, 5.74) is 0. The molecule has 80 valence electrons. The first-order valence-corrected chi connectivity index (χ1v) is 5.47. The number of carbonyl (C=O) groups excluding carboxylic acids is 1. The van der Waals surface area contributed by atoms with Crippen molar-refractivity contribution in [3.05, 3.63) is 12.8 Å². The van der Waals surface area contributed by atoms with E-state index in [1.54, 1.807) is 11.1 Å². The summed E-state index contributed by atoms with van der Waals surface area (Å²) < 4.78 is 0. The molecule has 2 amide bonds. The Morgan fingerprint density at radius 2 is 2.14 bits per heavy atom. The van der Waals surface area contributed by atoms with Crippen LogP contribution >= 0.6 is 0 Å². The number of unbranched alkanes of at least 4 members (excludes halogenated alkanes) is 3. The van der Waals surface area contributed by atoms with Gasteiger partial charge in [0.05, 0.1) is 0 Å². The van der Waals surface area contributed by atoms with Crippen molar-refractivity contribution in [2.24, 2.45) is 0 Å². The minimum Gasteiger partial charge on any atom is -0.323 e. The molecular formula is C11H20N2O. The van der Waals surface area contributed by atoms with Gasteiger partial charge in [-0.1, -0.05) is 32.8 Å². The van der Waals surface area contributed by atoms with E-state index >= 15 is 0 Å². The SMILES string of the molecule is C=CN1CCN(CCCCCC)C1=O. The van der Waals surface area contributed by atoms with Gasteiger partial charge < -0.3 is 4.90 Å². The van der Waals surface area contributed by atoms with Crippen LogP contribution < -0.4 is 0 Å². The van der Waals surface area contributed by atoms with Crippen LogP contribution in [0.25, 0.3) is 0 Å². The predicted octanol–water partition coefficient (Wildman–Crippen LogP) is 2.45. The Morgan fingerprint density at radius 3 is 2.71 bits per heavy atom. The molecule has 1 aliphatic rings. The van der Waals surface area contributed by atoms with Gasteiger partial charge in [-0.05, 0) is 6.42 Å². The minimum atomic E-state index is 0.122. The van der Waals surface area contributed by atoms with Crippen LogP contribution in [0, 0.1) is 0 Å². The zero-order chi connectivity index (χ0) is 10.4. The highest BCUT2D eigenvalue weighted by molar-refractivity contribution is 5.77. The van der Waals surface area contributed by atoms with E-state index in [9.17, 15) is 4.79 Å². The fourth-order valence-electron chi connectivity index (χ4n) is 1.71. The summed E-state index contributed by atoms with van der Waals surface area (Å²) in [5.74, 6) is 0. The molecule has 0 saturated carbocycles. The molecule has 0 aromatic carbocycles. The van der Waals surface area contributed by atoms with Gasteiger partial charge in [-0.3, -0.25) is 4.90 Å². The molecule has 0 aromatic heterocycles. The van der Waals surface area contributed by atoms with Crippen molar-refractivity contribution in [2.45, 2.75) is 32.6 Å². The number of amides is 2. The third-order valence-corrected chi connectivity index (χ3v) is 2.63. The van der Waals surface area contributed by atoms with Crippen LogP contribution in [0.2, 0.25) is 0 Å². The van der Waals surface area contributed by atoms with Gasteiger partial charge in [-0.15, -0.1) is 0 Å². The third kappa shape index (κ3) is 2.76. The normalized spacial score (nSPS) is 16.5. The highest BCUT2D eigenvalue weighted by atomic mass is 16.2. The molecule has 1 heterocycles. The summed E-state index contributed by atoms with van der Waals surface area (Å²) in [6, 6.07) is 0.122. The zero-order valence-corrected chi connectivity index (χ0v) is 9.04. The lowest BCUT2D eigenvalue weighted by atomic mass is 10.2. The lowest BCUT2D eigenvalue weighted by molar-refractivity contribution is 0.201. The van der Waals surface area contributed by atoms with E-state index in [2.05, 4.69) is 13.5 Å².